The molecule has 0 fully saturated rings. The fraction of sp³-hybridized carbons (Fsp3) is 0.500. The lowest BCUT2D eigenvalue weighted by molar-refractivity contribution is -0.118. The molecule has 172 valence electrons. The van der Waals surface area contributed by atoms with Gasteiger partial charge in [-0.05, 0) is 22.0 Å². The van der Waals surface area contributed by atoms with Crippen molar-refractivity contribution in [3.8, 4) is 11.5 Å². The number of Topliss-reactive ketones (excluding diaryl/α,β-unsaturated/α-hetero) is 2. The predicted molar refractivity (Wildman–Crippen MR) is 128 cm³/mol. The van der Waals surface area contributed by atoms with Gasteiger partial charge in [0.2, 0.25) is 0 Å². The summed E-state index contributed by atoms with van der Waals surface area (Å²) in [5.74, 6) is 1.52. The normalized spacial score (nSPS) is 15.1. The van der Waals surface area contributed by atoms with Crippen LogP contribution in [0.1, 0.15) is 74.9 Å². The maximum atomic E-state index is 13.3. The van der Waals surface area contributed by atoms with Crippen LogP contribution in [0.5, 0.6) is 11.5 Å². The molecule has 4 nitrogen and oxygen atoms in total. The van der Waals surface area contributed by atoms with E-state index in [-0.39, 0.29) is 48.1 Å². The SMILES string of the molecule is COc1c2cc(C(C)(C)C)cc1CC(=O)Cc1cc(C(C)(C)C)cc(c1OC)CC(=O)C2. The highest BCUT2D eigenvalue weighted by atomic mass is 16.5. The quantitative estimate of drug-likeness (QED) is 0.639. The van der Waals surface area contributed by atoms with Crippen molar-refractivity contribution in [3.05, 3.63) is 57.6 Å². The second-order valence-electron chi connectivity index (χ2n) is 10.9. The van der Waals surface area contributed by atoms with Gasteiger partial charge in [-0.25, -0.2) is 0 Å². The van der Waals surface area contributed by atoms with E-state index in [0.717, 1.165) is 33.4 Å². The number of benzene rings is 2. The average Bonchev–Trinajstić information content (AvgIpc) is 2.65. The molecule has 0 atom stereocenters. The molecule has 0 saturated carbocycles. The first-order valence-corrected chi connectivity index (χ1v) is 11.3. The van der Waals surface area contributed by atoms with Crippen molar-refractivity contribution < 1.29 is 19.1 Å². The number of ether oxygens (including phenoxy) is 2. The van der Waals surface area contributed by atoms with Crippen LogP contribution in [0.4, 0.5) is 0 Å². The van der Waals surface area contributed by atoms with E-state index in [1.165, 1.54) is 0 Å². The van der Waals surface area contributed by atoms with Gasteiger partial charge in [0.15, 0.2) is 0 Å². The molecule has 4 heteroatoms. The molecule has 0 saturated heterocycles. The van der Waals surface area contributed by atoms with Crippen LogP contribution < -0.4 is 9.47 Å². The Kier molecular flexibility index (Phi) is 6.55. The molecular weight excluding hydrogens is 400 g/mol. The van der Waals surface area contributed by atoms with Gasteiger partial charge in [-0.1, -0.05) is 65.8 Å². The Morgan fingerprint density at radius 3 is 1.00 bits per heavy atom. The molecule has 3 rings (SSSR count). The third-order valence-corrected chi connectivity index (χ3v) is 6.18. The van der Waals surface area contributed by atoms with E-state index >= 15 is 0 Å². The molecule has 0 radical (unpaired) electrons. The maximum Gasteiger partial charge on any atom is 0.141 e. The van der Waals surface area contributed by atoms with Gasteiger partial charge in [-0.2, -0.15) is 0 Å². The number of methoxy groups -OCH3 is 2. The molecule has 1 aliphatic carbocycles. The third-order valence-electron chi connectivity index (χ3n) is 6.18. The monoisotopic (exact) mass is 436 g/mol. The molecular formula is C28H36O4. The van der Waals surface area contributed by atoms with Gasteiger partial charge in [-0.15, -0.1) is 0 Å². The van der Waals surface area contributed by atoms with E-state index in [1.54, 1.807) is 14.2 Å². The highest BCUT2D eigenvalue weighted by Crippen LogP contribution is 2.36. The summed E-state index contributed by atoms with van der Waals surface area (Å²) in [4.78, 5) is 26.5. The Labute approximate surface area is 192 Å². The number of hydrogen-bond donors (Lipinski definition) is 0. The number of carbonyl (C=O) groups excluding carboxylic acids is 2. The lowest BCUT2D eigenvalue weighted by Crippen LogP contribution is -2.19. The first-order chi connectivity index (χ1) is 14.8. The molecule has 0 unspecified atom stereocenters. The summed E-state index contributed by atoms with van der Waals surface area (Å²) in [5, 5.41) is 0. The number of fused-ring (bicyclic) bond motifs is 4. The molecule has 32 heavy (non-hydrogen) atoms. The molecule has 0 aliphatic heterocycles. The largest absolute Gasteiger partial charge is 0.496 e. The molecule has 0 amide bonds. The third kappa shape index (κ3) is 5.06. The fourth-order valence-electron chi connectivity index (χ4n) is 4.40. The van der Waals surface area contributed by atoms with Crippen molar-refractivity contribution in [2.45, 2.75) is 78.1 Å². The summed E-state index contributed by atoms with van der Waals surface area (Å²) in [5.41, 5.74) is 5.39. The van der Waals surface area contributed by atoms with Crippen molar-refractivity contribution >= 4 is 11.6 Å². The minimum absolute atomic E-state index is 0.0996. The van der Waals surface area contributed by atoms with Gasteiger partial charge in [0, 0.05) is 47.9 Å². The van der Waals surface area contributed by atoms with Crippen LogP contribution in [0.3, 0.4) is 0 Å². The number of carbonyl (C=O) groups is 2. The van der Waals surface area contributed by atoms with Crippen LogP contribution in [0.2, 0.25) is 0 Å². The first kappa shape index (κ1) is 24.0. The Hall–Kier alpha value is -2.62. The number of hydrogen-bond acceptors (Lipinski definition) is 4. The lowest BCUT2D eigenvalue weighted by Gasteiger charge is -2.25. The van der Waals surface area contributed by atoms with E-state index in [1.807, 2.05) is 0 Å². The van der Waals surface area contributed by atoms with Gasteiger partial charge in [0.25, 0.3) is 0 Å². The van der Waals surface area contributed by atoms with Crippen LogP contribution in [0.25, 0.3) is 0 Å². The average molecular weight is 437 g/mol. The summed E-state index contributed by atoms with van der Waals surface area (Å²) < 4.78 is 11.4. The van der Waals surface area contributed by atoms with Crippen molar-refractivity contribution in [1.29, 1.82) is 0 Å². The van der Waals surface area contributed by atoms with Crippen molar-refractivity contribution in [3.63, 3.8) is 0 Å². The minimum atomic E-state index is -0.103. The number of ketones is 2. The van der Waals surface area contributed by atoms with Crippen molar-refractivity contribution in [2.24, 2.45) is 0 Å². The van der Waals surface area contributed by atoms with Gasteiger partial charge in [0.1, 0.15) is 23.1 Å². The van der Waals surface area contributed by atoms with E-state index in [4.69, 9.17) is 9.47 Å². The van der Waals surface area contributed by atoms with E-state index in [9.17, 15) is 9.59 Å². The number of rotatable bonds is 2. The second-order valence-corrected chi connectivity index (χ2v) is 10.9. The van der Waals surface area contributed by atoms with Crippen LogP contribution >= 0.6 is 0 Å². The summed E-state index contributed by atoms with van der Waals surface area (Å²) in [7, 11) is 3.22. The summed E-state index contributed by atoms with van der Waals surface area (Å²) in [6, 6.07) is 8.24. The highest BCUT2D eigenvalue weighted by Gasteiger charge is 2.26. The molecule has 0 spiro atoms. The Morgan fingerprint density at radius 2 is 0.812 bits per heavy atom. The van der Waals surface area contributed by atoms with Crippen LogP contribution in [0.15, 0.2) is 24.3 Å². The van der Waals surface area contributed by atoms with Crippen LogP contribution in [0, 0.1) is 0 Å². The van der Waals surface area contributed by atoms with Gasteiger partial charge in [0.05, 0.1) is 14.2 Å². The molecule has 0 heterocycles. The summed E-state index contributed by atoms with van der Waals surface area (Å²) in [6.07, 6.45) is 1.03. The summed E-state index contributed by atoms with van der Waals surface area (Å²) >= 11 is 0. The van der Waals surface area contributed by atoms with Crippen LogP contribution in [-0.2, 0) is 46.1 Å². The first-order valence-electron chi connectivity index (χ1n) is 11.3. The van der Waals surface area contributed by atoms with E-state index in [0.29, 0.717) is 11.5 Å². The molecule has 4 bridgehead atoms. The molecule has 2 aromatic carbocycles. The molecule has 0 aromatic heterocycles. The zero-order chi connectivity index (χ0) is 23.8. The fourth-order valence-corrected chi connectivity index (χ4v) is 4.40. The lowest BCUT2D eigenvalue weighted by atomic mass is 9.81. The molecule has 1 aliphatic rings. The predicted octanol–water partition coefficient (Wildman–Crippen LogP) is 5.32. The highest BCUT2D eigenvalue weighted by molar-refractivity contribution is 5.88. The van der Waals surface area contributed by atoms with Crippen molar-refractivity contribution in [1.82, 2.24) is 0 Å². The molecule has 2 aromatic rings. The minimum Gasteiger partial charge on any atom is -0.496 e. The zero-order valence-corrected chi connectivity index (χ0v) is 20.8. The van der Waals surface area contributed by atoms with Gasteiger partial charge >= 0.3 is 0 Å². The smallest absolute Gasteiger partial charge is 0.141 e. The van der Waals surface area contributed by atoms with Crippen molar-refractivity contribution in [2.75, 3.05) is 14.2 Å². The maximum absolute atomic E-state index is 13.3. The van der Waals surface area contributed by atoms with E-state index in [2.05, 4.69) is 65.8 Å². The Balaban J connectivity index is 2.20. The zero-order valence-electron chi connectivity index (χ0n) is 20.8. The second kappa shape index (κ2) is 8.73. The van der Waals surface area contributed by atoms with E-state index < -0.39 is 0 Å². The standard InChI is InChI=1S/C28H36O4/c1-27(2,3)21-9-17-13-23(29)15-19-11-22(28(4,5)6)12-20(26(19)32-8)16-24(30)14-18(10-21)25(17)31-7/h9-12H,13-16H2,1-8H3. The van der Waals surface area contributed by atoms with Gasteiger partial charge < -0.3 is 9.47 Å². The van der Waals surface area contributed by atoms with Crippen LogP contribution in [-0.4, -0.2) is 25.8 Å². The Bertz CT molecular complexity index is 905. The topological polar surface area (TPSA) is 52.6 Å². The molecule has 0 N–H and O–H groups in total. The summed E-state index contributed by atoms with van der Waals surface area (Å²) in [6.45, 7) is 12.8. The Morgan fingerprint density at radius 1 is 0.562 bits per heavy atom. The van der Waals surface area contributed by atoms with Gasteiger partial charge in [-0.3, -0.25) is 9.59 Å².